The molecular weight excluding hydrogens is 330 g/mol. The van der Waals surface area contributed by atoms with Gasteiger partial charge in [-0.1, -0.05) is 35.9 Å². The molecule has 6 heteroatoms. The van der Waals surface area contributed by atoms with E-state index in [1.54, 1.807) is 11.4 Å². The van der Waals surface area contributed by atoms with E-state index in [9.17, 15) is 14.7 Å². The van der Waals surface area contributed by atoms with E-state index in [2.05, 4.69) is 10.3 Å². The number of aliphatic carboxylic acids is 1. The fourth-order valence-electron chi connectivity index (χ4n) is 3.36. The van der Waals surface area contributed by atoms with E-state index >= 15 is 0 Å². The number of carbonyl (C=O) groups excluding carboxylic acids is 1. The number of aryl methyl sites for hydroxylation is 1. The number of hydrogen-bond acceptors (Lipinski definition) is 3. The van der Waals surface area contributed by atoms with Crippen LogP contribution in [0.4, 0.5) is 0 Å². The lowest BCUT2D eigenvalue weighted by atomic mass is 10.1. The molecule has 26 heavy (non-hydrogen) atoms. The summed E-state index contributed by atoms with van der Waals surface area (Å²) in [6.07, 6.45) is 2.48. The zero-order valence-corrected chi connectivity index (χ0v) is 14.6. The largest absolute Gasteiger partial charge is 0.481 e. The Kier molecular flexibility index (Phi) is 3.76. The number of nitrogens with one attached hydrogen (secondary N) is 1. The summed E-state index contributed by atoms with van der Waals surface area (Å²) in [6.45, 7) is 2.01. The molecule has 2 aromatic heterocycles. The van der Waals surface area contributed by atoms with Gasteiger partial charge in [0.25, 0.3) is 5.91 Å². The zero-order chi connectivity index (χ0) is 18.4. The van der Waals surface area contributed by atoms with Crippen LogP contribution in [0.5, 0.6) is 0 Å². The van der Waals surface area contributed by atoms with Crippen molar-refractivity contribution in [1.82, 2.24) is 14.7 Å². The molecule has 2 unspecified atom stereocenters. The number of rotatable bonds is 4. The number of imidazole rings is 1. The number of aromatic nitrogens is 2. The Morgan fingerprint density at radius 3 is 2.54 bits per heavy atom. The number of carboxylic acid groups (broad SMARTS) is 1. The molecule has 2 N–H and O–H groups in total. The minimum absolute atomic E-state index is 0.000312. The van der Waals surface area contributed by atoms with E-state index in [4.69, 9.17) is 0 Å². The summed E-state index contributed by atoms with van der Waals surface area (Å²) in [4.78, 5) is 28.4. The highest BCUT2D eigenvalue weighted by molar-refractivity contribution is 5.99. The Balaban J connectivity index is 1.86. The van der Waals surface area contributed by atoms with Gasteiger partial charge in [0.15, 0.2) is 0 Å². The van der Waals surface area contributed by atoms with Crippen LogP contribution in [0.1, 0.15) is 34.0 Å². The summed E-state index contributed by atoms with van der Waals surface area (Å²) in [5, 5.41) is 11.8. The van der Waals surface area contributed by atoms with Crippen molar-refractivity contribution < 1.29 is 14.7 Å². The van der Waals surface area contributed by atoms with Crippen molar-refractivity contribution in [2.24, 2.45) is 5.92 Å². The average Bonchev–Trinajstić information content (AvgIpc) is 3.36. The minimum Gasteiger partial charge on any atom is -0.481 e. The van der Waals surface area contributed by atoms with Crippen LogP contribution in [-0.4, -0.2) is 33.4 Å². The van der Waals surface area contributed by atoms with Gasteiger partial charge in [-0.25, -0.2) is 4.98 Å². The van der Waals surface area contributed by atoms with Crippen LogP contribution < -0.4 is 5.32 Å². The third-order valence-corrected chi connectivity index (χ3v) is 4.94. The predicted molar refractivity (Wildman–Crippen MR) is 97.2 cm³/mol. The topological polar surface area (TPSA) is 83.7 Å². The highest BCUT2D eigenvalue weighted by Crippen LogP contribution is 2.47. The molecule has 1 aliphatic carbocycles. The first-order chi connectivity index (χ1) is 12.5. The van der Waals surface area contributed by atoms with Crippen molar-refractivity contribution in [1.29, 1.82) is 0 Å². The Labute approximate surface area is 150 Å². The van der Waals surface area contributed by atoms with Crippen LogP contribution in [-0.2, 0) is 4.79 Å². The average molecular weight is 349 g/mol. The number of hydrogen-bond donors (Lipinski definition) is 2. The molecule has 132 valence electrons. The normalized spacial score (nSPS) is 18.7. The SMILES string of the molecule is CNC(=O)c1c(-c2ccc(C)cc2)nc2ccc(C3CC3C(=O)O)cn12. The lowest BCUT2D eigenvalue weighted by Gasteiger charge is -2.06. The fourth-order valence-corrected chi connectivity index (χ4v) is 3.36. The maximum absolute atomic E-state index is 12.6. The van der Waals surface area contributed by atoms with Gasteiger partial charge in [-0.3, -0.25) is 14.0 Å². The van der Waals surface area contributed by atoms with Crippen LogP contribution in [0.25, 0.3) is 16.9 Å². The second-order valence-electron chi connectivity index (χ2n) is 6.73. The Bertz CT molecular complexity index is 1020. The van der Waals surface area contributed by atoms with Crippen molar-refractivity contribution in [3.8, 4) is 11.3 Å². The highest BCUT2D eigenvalue weighted by Gasteiger charge is 2.44. The molecule has 0 saturated heterocycles. The van der Waals surface area contributed by atoms with Gasteiger partial charge in [0.1, 0.15) is 17.0 Å². The first-order valence-electron chi connectivity index (χ1n) is 8.53. The van der Waals surface area contributed by atoms with Crippen LogP contribution in [0, 0.1) is 12.8 Å². The summed E-state index contributed by atoms with van der Waals surface area (Å²) in [5.41, 5.74) is 4.66. The predicted octanol–water partition coefficient (Wildman–Crippen LogP) is 2.86. The van der Waals surface area contributed by atoms with Crippen molar-refractivity contribution in [3.05, 3.63) is 59.4 Å². The molecule has 4 rings (SSSR count). The molecule has 2 atom stereocenters. The molecule has 1 aromatic carbocycles. The third-order valence-electron chi connectivity index (χ3n) is 4.94. The Hall–Kier alpha value is -3.15. The molecule has 1 fully saturated rings. The second-order valence-corrected chi connectivity index (χ2v) is 6.73. The summed E-state index contributed by atoms with van der Waals surface area (Å²) in [6, 6.07) is 11.6. The number of nitrogens with zero attached hydrogens (tertiary/aromatic N) is 2. The standard InChI is InChI=1S/C20H19N3O3/c1-11-3-5-12(6-4-11)17-18(19(24)21-2)23-10-13(7-8-16(23)22-17)14-9-15(14)20(25)26/h3-8,10,14-15H,9H2,1-2H3,(H,21,24)(H,25,26). The van der Waals surface area contributed by atoms with E-state index in [1.807, 2.05) is 49.5 Å². The van der Waals surface area contributed by atoms with Gasteiger partial charge in [-0.2, -0.15) is 0 Å². The second kappa shape index (κ2) is 5.98. The van der Waals surface area contributed by atoms with Gasteiger partial charge in [0.2, 0.25) is 0 Å². The van der Waals surface area contributed by atoms with Crippen molar-refractivity contribution >= 4 is 17.5 Å². The van der Waals surface area contributed by atoms with E-state index in [-0.39, 0.29) is 17.7 Å². The smallest absolute Gasteiger partial charge is 0.307 e. The molecule has 1 aliphatic rings. The van der Waals surface area contributed by atoms with Crippen molar-refractivity contribution in [3.63, 3.8) is 0 Å². The van der Waals surface area contributed by atoms with Crippen LogP contribution in [0.2, 0.25) is 0 Å². The maximum Gasteiger partial charge on any atom is 0.307 e. The van der Waals surface area contributed by atoms with Gasteiger partial charge < -0.3 is 10.4 Å². The summed E-state index contributed by atoms with van der Waals surface area (Å²) in [5.74, 6) is -1.33. The number of carboxylic acids is 1. The Morgan fingerprint density at radius 1 is 1.19 bits per heavy atom. The van der Waals surface area contributed by atoms with E-state index in [0.29, 0.717) is 23.5 Å². The molecule has 0 aliphatic heterocycles. The maximum atomic E-state index is 12.6. The van der Waals surface area contributed by atoms with Crippen molar-refractivity contribution in [2.45, 2.75) is 19.3 Å². The highest BCUT2D eigenvalue weighted by atomic mass is 16.4. The molecule has 1 saturated carbocycles. The lowest BCUT2D eigenvalue weighted by Crippen LogP contribution is -2.20. The number of amides is 1. The summed E-state index contributed by atoms with van der Waals surface area (Å²) < 4.78 is 1.76. The fraction of sp³-hybridized carbons (Fsp3) is 0.250. The van der Waals surface area contributed by atoms with Gasteiger partial charge in [-0.15, -0.1) is 0 Å². The molecule has 0 radical (unpaired) electrons. The third kappa shape index (κ3) is 2.63. The molecule has 2 heterocycles. The Morgan fingerprint density at radius 2 is 1.92 bits per heavy atom. The summed E-state index contributed by atoms with van der Waals surface area (Å²) >= 11 is 0. The van der Waals surface area contributed by atoms with Gasteiger partial charge in [0.05, 0.1) is 5.92 Å². The van der Waals surface area contributed by atoms with E-state index in [1.165, 1.54) is 0 Å². The molecule has 3 aromatic rings. The minimum atomic E-state index is -0.771. The number of carbonyl (C=O) groups is 2. The molecule has 0 bridgehead atoms. The van der Waals surface area contributed by atoms with Gasteiger partial charge >= 0.3 is 5.97 Å². The van der Waals surface area contributed by atoms with Gasteiger partial charge in [0, 0.05) is 18.8 Å². The van der Waals surface area contributed by atoms with Crippen molar-refractivity contribution in [2.75, 3.05) is 7.05 Å². The van der Waals surface area contributed by atoms with E-state index < -0.39 is 5.97 Å². The molecule has 6 nitrogen and oxygen atoms in total. The molecular formula is C20H19N3O3. The van der Waals surface area contributed by atoms with E-state index in [0.717, 1.165) is 16.7 Å². The monoisotopic (exact) mass is 349 g/mol. The summed E-state index contributed by atoms with van der Waals surface area (Å²) in [7, 11) is 1.59. The molecule has 1 amide bonds. The number of benzene rings is 1. The van der Waals surface area contributed by atoms with Crippen LogP contribution >= 0.6 is 0 Å². The molecule has 0 spiro atoms. The number of fused-ring (bicyclic) bond motifs is 1. The first kappa shape index (κ1) is 16.3. The number of pyridine rings is 1. The van der Waals surface area contributed by atoms with Crippen LogP contribution in [0.3, 0.4) is 0 Å². The first-order valence-corrected chi connectivity index (χ1v) is 8.53. The van der Waals surface area contributed by atoms with Gasteiger partial charge in [-0.05, 0) is 30.9 Å². The quantitative estimate of drug-likeness (QED) is 0.759. The lowest BCUT2D eigenvalue weighted by molar-refractivity contribution is -0.138. The zero-order valence-electron chi connectivity index (χ0n) is 14.6. The van der Waals surface area contributed by atoms with Crippen LogP contribution in [0.15, 0.2) is 42.6 Å².